The van der Waals surface area contributed by atoms with Gasteiger partial charge in [-0.05, 0) is 30.2 Å². The van der Waals surface area contributed by atoms with Crippen molar-refractivity contribution in [2.45, 2.75) is 25.8 Å². The van der Waals surface area contributed by atoms with Crippen LogP contribution in [0, 0.1) is 0 Å². The molecular formula is C29H35N4O2+. The van der Waals surface area contributed by atoms with Gasteiger partial charge in [0.15, 0.2) is 0 Å². The molecule has 0 bridgehead atoms. The highest BCUT2D eigenvalue weighted by atomic mass is 16.6. The first-order valence-electron chi connectivity index (χ1n) is 12.3. The largest absolute Gasteiger partial charge is 0.399 e. The Labute approximate surface area is 208 Å². The summed E-state index contributed by atoms with van der Waals surface area (Å²) in [5, 5.41) is 4.17. The Bertz CT molecular complexity index is 1060. The zero-order valence-electron chi connectivity index (χ0n) is 20.7. The highest BCUT2D eigenvalue weighted by Crippen LogP contribution is 2.29. The second-order valence-corrected chi connectivity index (χ2v) is 9.39. The van der Waals surface area contributed by atoms with Crippen LogP contribution in [0.5, 0.6) is 0 Å². The van der Waals surface area contributed by atoms with Crippen LogP contribution in [0.25, 0.3) is 0 Å². The van der Waals surface area contributed by atoms with E-state index in [1.807, 2.05) is 66.6 Å². The minimum Gasteiger partial charge on any atom is -0.399 e. The molecule has 1 amide bonds. The van der Waals surface area contributed by atoms with E-state index in [2.05, 4.69) is 40.5 Å². The number of benzene rings is 2. The van der Waals surface area contributed by atoms with E-state index in [0.29, 0.717) is 6.42 Å². The maximum atomic E-state index is 13.5. The van der Waals surface area contributed by atoms with Crippen molar-refractivity contribution in [1.82, 2.24) is 9.88 Å². The van der Waals surface area contributed by atoms with Crippen molar-refractivity contribution >= 4 is 11.6 Å². The summed E-state index contributed by atoms with van der Waals surface area (Å²) in [4.78, 5) is 25.1. The predicted molar refractivity (Wildman–Crippen MR) is 139 cm³/mol. The lowest BCUT2D eigenvalue weighted by Gasteiger charge is -2.44. The van der Waals surface area contributed by atoms with Gasteiger partial charge in [0.2, 0.25) is 5.91 Å². The summed E-state index contributed by atoms with van der Waals surface area (Å²) in [5.74, 6) is 0.260. The van der Waals surface area contributed by atoms with Crippen LogP contribution in [0.4, 0.5) is 0 Å². The molecule has 1 fully saturated rings. The number of quaternary nitrogens is 1. The first-order chi connectivity index (χ1) is 17.1. The van der Waals surface area contributed by atoms with E-state index in [0.717, 1.165) is 55.2 Å². The molecule has 0 unspecified atom stereocenters. The number of aromatic nitrogens is 1. The number of carbonyl (C=O) groups excluding carboxylic acids is 1. The highest BCUT2D eigenvalue weighted by Gasteiger charge is 2.36. The molecule has 1 aromatic heterocycles. The summed E-state index contributed by atoms with van der Waals surface area (Å²) in [6.07, 6.45) is 2.31. The molecule has 2 aromatic carbocycles. The number of rotatable bonds is 9. The quantitative estimate of drug-likeness (QED) is 0.263. The van der Waals surface area contributed by atoms with Crippen LogP contribution in [-0.2, 0) is 16.2 Å². The average Bonchev–Trinajstić information content (AvgIpc) is 2.89. The second kappa shape index (κ2) is 11.8. The van der Waals surface area contributed by atoms with Gasteiger partial charge in [-0.3, -0.25) is 9.78 Å². The first kappa shape index (κ1) is 24.6. The Hall–Kier alpha value is -3.51. The minimum absolute atomic E-state index is 0.0515. The number of oxime groups is 1. The lowest BCUT2D eigenvalue weighted by atomic mass is 9.88. The van der Waals surface area contributed by atoms with E-state index in [1.165, 1.54) is 11.1 Å². The van der Waals surface area contributed by atoms with Gasteiger partial charge in [0.1, 0.15) is 25.9 Å². The van der Waals surface area contributed by atoms with E-state index in [9.17, 15) is 4.79 Å². The summed E-state index contributed by atoms with van der Waals surface area (Å²) in [5.41, 5.74) is 4.37. The number of carbonyl (C=O) groups is 1. The predicted octanol–water partition coefficient (Wildman–Crippen LogP) is 4.49. The van der Waals surface area contributed by atoms with Gasteiger partial charge in [0.05, 0.1) is 31.9 Å². The molecule has 6 heteroatoms. The van der Waals surface area contributed by atoms with Crippen molar-refractivity contribution < 1.29 is 14.1 Å². The van der Waals surface area contributed by atoms with Crippen molar-refractivity contribution in [3.8, 4) is 0 Å². The Morgan fingerprint density at radius 2 is 1.57 bits per heavy atom. The van der Waals surface area contributed by atoms with Crippen molar-refractivity contribution in [2.24, 2.45) is 5.16 Å². The summed E-state index contributed by atoms with van der Waals surface area (Å²) in [6.45, 7) is 6.77. The monoisotopic (exact) mass is 471 g/mol. The Kier molecular flexibility index (Phi) is 8.27. The molecule has 0 spiro atoms. The van der Waals surface area contributed by atoms with Gasteiger partial charge in [-0.15, -0.1) is 0 Å². The van der Waals surface area contributed by atoms with E-state index >= 15 is 0 Å². The molecule has 1 aliphatic heterocycles. The summed E-state index contributed by atoms with van der Waals surface area (Å²) >= 11 is 0. The van der Waals surface area contributed by atoms with Crippen LogP contribution >= 0.6 is 0 Å². The summed E-state index contributed by atoms with van der Waals surface area (Å²) in [7, 11) is 1.58. The molecule has 3 aromatic rings. The standard InChI is InChI=1S/C29H35N4O2/c1-24(31-35-2)22-33(23-27-15-9-10-16-30-27)19-17-32(18-20-33)29(34)21-28(25-11-5-3-6-12-25)26-13-7-4-8-14-26/h3-16,28H,17-23H2,1-2H3/q+1. The van der Waals surface area contributed by atoms with Crippen molar-refractivity contribution in [3.63, 3.8) is 0 Å². The number of amides is 1. The van der Waals surface area contributed by atoms with Crippen LogP contribution < -0.4 is 0 Å². The van der Waals surface area contributed by atoms with Crippen molar-refractivity contribution in [1.29, 1.82) is 0 Å². The van der Waals surface area contributed by atoms with Crippen molar-refractivity contribution in [3.05, 3.63) is 102 Å². The number of hydrogen-bond donors (Lipinski definition) is 0. The number of nitrogens with zero attached hydrogens (tertiary/aromatic N) is 4. The lowest BCUT2D eigenvalue weighted by Crippen LogP contribution is -2.61. The molecule has 0 saturated carbocycles. The maximum Gasteiger partial charge on any atom is 0.223 e. The molecule has 0 N–H and O–H groups in total. The third kappa shape index (κ3) is 6.55. The van der Waals surface area contributed by atoms with Crippen molar-refractivity contribution in [2.75, 3.05) is 39.8 Å². The molecule has 1 aliphatic rings. The van der Waals surface area contributed by atoms with Crippen LogP contribution in [0.1, 0.15) is 36.1 Å². The van der Waals surface area contributed by atoms with Crippen LogP contribution in [0.3, 0.4) is 0 Å². The van der Waals surface area contributed by atoms with E-state index < -0.39 is 0 Å². The van der Waals surface area contributed by atoms with Gasteiger partial charge >= 0.3 is 0 Å². The fourth-order valence-corrected chi connectivity index (χ4v) is 5.12. The number of hydrogen-bond acceptors (Lipinski definition) is 4. The smallest absolute Gasteiger partial charge is 0.223 e. The average molecular weight is 472 g/mol. The fourth-order valence-electron chi connectivity index (χ4n) is 5.12. The van der Waals surface area contributed by atoms with E-state index in [4.69, 9.17) is 4.84 Å². The topological polar surface area (TPSA) is 54.8 Å². The molecule has 2 heterocycles. The van der Waals surface area contributed by atoms with E-state index in [1.54, 1.807) is 7.11 Å². The molecule has 0 aliphatic carbocycles. The summed E-state index contributed by atoms with van der Waals surface area (Å²) < 4.78 is 0.820. The molecule has 182 valence electrons. The van der Waals surface area contributed by atoms with Gasteiger partial charge in [0, 0.05) is 18.5 Å². The molecule has 6 nitrogen and oxygen atoms in total. The van der Waals surface area contributed by atoms with Gasteiger partial charge in [-0.2, -0.15) is 0 Å². The maximum absolute atomic E-state index is 13.5. The highest BCUT2D eigenvalue weighted by molar-refractivity contribution is 5.82. The molecular weight excluding hydrogens is 436 g/mol. The Morgan fingerprint density at radius 3 is 2.11 bits per heavy atom. The Balaban J connectivity index is 1.48. The zero-order valence-corrected chi connectivity index (χ0v) is 20.7. The normalized spacial score (nSPS) is 15.7. The van der Waals surface area contributed by atoms with Crippen LogP contribution in [0.15, 0.2) is 90.2 Å². The van der Waals surface area contributed by atoms with Gasteiger partial charge in [-0.25, -0.2) is 0 Å². The molecule has 0 radical (unpaired) electrons. The fraction of sp³-hybridized carbons (Fsp3) is 0.345. The third-order valence-corrected chi connectivity index (χ3v) is 6.86. The van der Waals surface area contributed by atoms with Gasteiger partial charge in [-0.1, -0.05) is 71.9 Å². The van der Waals surface area contributed by atoms with Crippen LogP contribution in [-0.4, -0.2) is 65.8 Å². The van der Waals surface area contributed by atoms with E-state index in [-0.39, 0.29) is 11.8 Å². The molecule has 1 saturated heterocycles. The SMILES string of the molecule is CON=C(C)C[N+]1(Cc2ccccn2)CCN(C(=O)CC(c2ccccc2)c2ccccc2)CC1. The number of pyridine rings is 1. The third-order valence-electron chi connectivity index (χ3n) is 6.86. The summed E-state index contributed by atoms with van der Waals surface area (Å²) in [6, 6.07) is 26.7. The second-order valence-electron chi connectivity index (χ2n) is 9.39. The molecule has 35 heavy (non-hydrogen) atoms. The number of piperazine rings is 1. The minimum atomic E-state index is 0.0515. The van der Waals surface area contributed by atoms with Crippen LogP contribution in [0.2, 0.25) is 0 Å². The van der Waals surface area contributed by atoms with Gasteiger partial charge < -0.3 is 14.2 Å². The first-order valence-corrected chi connectivity index (χ1v) is 12.3. The molecule has 4 rings (SSSR count). The Morgan fingerprint density at radius 1 is 0.971 bits per heavy atom. The lowest BCUT2D eigenvalue weighted by molar-refractivity contribution is -0.936. The molecule has 0 atom stereocenters. The zero-order chi connectivity index (χ0) is 24.5. The van der Waals surface area contributed by atoms with Gasteiger partial charge in [0.25, 0.3) is 0 Å².